The van der Waals surface area contributed by atoms with Crippen molar-refractivity contribution in [3.63, 3.8) is 0 Å². The highest BCUT2D eigenvalue weighted by Crippen LogP contribution is 2.68. The normalized spacial score (nSPS) is 29.0. The maximum atomic E-state index is 9.59. The van der Waals surface area contributed by atoms with Crippen molar-refractivity contribution in [2.45, 2.75) is 19.6 Å². The Hall–Kier alpha value is -2.38. The summed E-state index contributed by atoms with van der Waals surface area (Å²) in [5.74, 6) is -2.85. The van der Waals surface area contributed by atoms with Crippen LogP contribution in [0.25, 0.3) is 0 Å². The highest BCUT2D eigenvalue weighted by Gasteiger charge is 2.80. The Morgan fingerprint density at radius 2 is 1.14 bits per heavy atom. The second-order valence-electron chi connectivity index (χ2n) is 4.99. The highest BCUT2D eigenvalue weighted by molar-refractivity contribution is 5.50. The van der Waals surface area contributed by atoms with E-state index in [1.807, 2.05) is 24.3 Å². The number of hydrogen-bond donors (Lipinski definition) is 0. The van der Waals surface area contributed by atoms with E-state index in [4.69, 9.17) is 9.47 Å². The van der Waals surface area contributed by atoms with E-state index in [0.29, 0.717) is 0 Å². The van der Waals surface area contributed by atoms with Crippen molar-refractivity contribution in [3.8, 4) is 24.3 Å². The van der Waals surface area contributed by atoms with Crippen LogP contribution < -0.4 is 0 Å². The molecule has 0 aliphatic heterocycles. The second-order valence-corrected chi connectivity index (χ2v) is 4.99. The van der Waals surface area contributed by atoms with E-state index in [2.05, 4.69) is 0 Å². The third kappa shape index (κ3) is 1.39. The summed E-state index contributed by atoms with van der Waals surface area (Å²) in [4.78, 5) is 0. The Kier molecular flexibility index (Phi) is 3.48. The average molecular weight is 282 g/mol. The van der Waals surface area contributed by atoms with Crippen molar-refractivity contribution >= 4 is 0 Å². The zero-order valence-electron chi connectivity index (χ0n) is 11.8. The summed E-state index contributed by atoms with van der Waals surface area (Å²) < 4.78 is 11.5. The molecule has 2 rings (SSSR count). The van der Waals surface area contributed by atoms with Crippen LogP contribution in [0, 0.1) is 68.0 Å². The van der Waals surface area contributed by atoms with Crippen LogP contribution in [0.15, 0.2) is 12.2 Å². The molecule has 0 aromatic carbocycles. The van der Waals surface area contributed by atoms with Crippen molar-refractivity contribution in [3.05, 3.63) is 12.2 Å². The summed E-state index contributed by atoms with van der Waals surface area (Å²) in [6.45, 7) is 4.10. The fourth-order valence-corrected chi connectivity index (χ4v) is 3.60. The molecule has 1 fully saturated rings. The fourth-order valence-electron chi connectivity index (χ4n) is 3.60. The van der Waals surface area contributed by atoms with Gasteiger partial charge in [0.15, 0.2) is 16.6 Å². The Morgan fingerprint density at radius 1 is 0.810 bits per heavy atom. The van der Waals surface area contributed by atoms with Crippen molar-refractivity contribution < 1.29 is 9.47 Å². The number of hydrogen-bond acceptors (Lipinski definition) is 6. The summed E-state index contributed by atoms with van der Waals surface area (Å²) in [5.41, 5.74) is -3.61. The fraction of sp³-hybridized carbons (Fsp3) is 0.600. The number of nitrogens with zero attached hydrogens (tertiary/aromatic N) is 4. The van der Waals surface area contributed by atoms with Crippen LogP contribution in [0.2, 0.25) is 0 Å². The predicted molar refractivity (Wildman–Crippen MR) is 69.4 cm³/mol. The van der Waals surface area contributed by atoms with Crippen molar-refractivity contribution in [1.29, 1.82) is 21.0 Å². The van der Waals surface area contributed by atoms with Gasteiger partial charge in [-0.25, -0.2) is 0 Å². The molecular formula is C15H14N4O2. The van der Waals surface area contributed by atoms with Crippen molar-refractivity contribution in [2.24, 2.45) is 22.7 Å². The largest absolute Gasteiger partial charge is 0.349 e. The third-order valence-electron chi connectivity index (χ3n) is 4.36. The Balaban J connectivity index is 2.76. The maximum absolute atomic E-state index is 9.59. The molecule has 0 spiro atoms. The molecule has 0 N–H and O–H groups in total. The molecule has 6 nitrogen and oxygen atoms in total. The van der Waals surface area contributed by atoms with Crippen LogP contribution in [0.5, 0.6) is 0 Å². The van der Waals surface area contributed by atoms with Crippen LogP contribution in [0.3, 0.4) is 0 Å². The Bertz CT molecular complexity index is 557. The number of fused-ring (bicyclic) bond motifs is 2. The van der Waals surface area contributed by atoms with E-state index in [-0.39, 0.29) is 13.2 Å². The van der Waals surface area contributed by atoms with Gasteiger partial charge in [0.2, 0.25) is 0 Å². The number of rotatable bonds is 4. The minimum absolute atomic E-state index is 0.286. The van der Waals surface area contributed by atoms with Gasteiger partial charge in [-0.2, -0.15) is 21.0 Å². The van der Waals surface area contributed by atoms with Crippen LogP contribution in [-0.2, 0) is 9.47 Å². The van der Waals surface area contributed by atoms with E-state index in [1.165, 1.54) is 0 Å². The molecule has 1 saturated carbocycles. The van der Waals surface area contributed by atoms with Gasteiger partial charge in [-0.1, -0.05) is 12.2 Å². The molecule has 0 unspecified atom stereocenters. The molecule has 2 bridgehead atoms. The smallest absolute Gasteiger partial charge is 0.187 e. The van der Waals surface area contributed by atoms with E-state index in [0.717, 1.165) is 0 Å². The predicted octanol–water partition coefficient (Wildman–Crippen LogP) is 1.64. The molecule has 2 aliphatic rings. The van der Waals surface area contributed by atoms with E-state index in [1.54, 1.807) is 26.0 Å². The standard InChI is InChI=1S/C15H14N4O2/c1-3-20-15(21-4-2)11-5-6-12(15)14(9-18,10-19)13(11,7-16)8-17/h5-6,11-12H,3-4H2,1-2H3/t11-,12+. The average Bonchev–Trinajstić information content (AvgIpc) is 2.95. The van der Waals surface area contributed by atoms with Gasteiger partial charge in [-0.3, -0.25) is 0 Å². The van der Waals surface area contributed by atoms with Crippen molar-refractivity contribution in [1.82, 2.24) is 0 Å². The molecule has 0 amide bonds. The highest BCUT2D eigenvalue weighted by atomic mass is 16.7. The molecule has 0 aromatic heterocycles. The van der Waals surface area contributed by atoms with Crippen LogP contribution in [-0.4, -0.2) is 19.0 Å². The molecule has 0 radical (unpaired) electrons. The molecule has 0 aromatic rings. The first-order chi connectivity index (χ1) is 10.1. The molecule has 2 aliphatic carbocycles. The third-order valence-corrected chi connectivity index (χ3v) is 4.36. The summed E-state index contributed by atoms with van der Waals surface area (Å²) in [6.07, 6.45) is 3.32. The second kappa shape index (κ2) is 4.87. The Morgan fingerprint density at radius 3 is 1.38 bits per heavy atom. The molecule has 0 saturated heterocycles. The molecule has 0 heterocycles. The Labute approximate surface area is 123 Å². The monoisotopic (exact) mass is 282 g/mol. The first-order valence-corrected chi connectivity index (χ1v) is 6.70. The van der Waals surface area contributed by atoms with Crippen molar-refractivity contribution in [2.75, 3.05) is 13.2 Å². The molecular weight excluding hydrogens is 268 g/mol. The van der Waals surface area contributed by atoms with Gasteiger partial charge < -0.3 is 9.47 Å². The summed E-state index contributed by atoms with van der Waals surface area (Å²) in [7, 11) is 0. The van der Waals surface area contributed by atoms with E-state index >= 15 is 0 Å². The summed E-state index contributed by atoms with van der Waals surface area (Å²) >= 11 is 0. The van der Waals surface area contributed by atoms with Crippen LogP contribution >= 0.6 is 0 Å². The van der Waals surface area contributed by atoms with Gasteiger partial charge in [0.05, 0.1) is 36.1 Å². The SMILES string of the molecule is CCOC1(OCC)[C@H]2C=C[C@@H]1C(C#N)(C#N)C2(C#N)C#N. The lowest BCUT2D eigenvalue weighted by molar-refractivity contribution is -0.259. The lowest BCUT2D eigenvalue weighted by Gasteiger charge is -2.34. The number of ether oxygens (including phenoxy) is 2. The van der Waals surface area contributed by atoms with Gasteiger partial charge in [0.1, 0.15) is 0 Å². The minimum atomic E-state index is -1.81. The van der Waals surface area contributed by atoms with Gasteiger partial charge in [-0.05, 0) is 13.8 Å². The number of nitriles is 4. The zero-order valence-corrected chi connectivity index (χ0v) is 11.8. The molecule has 21 heavy (non-hydrogen) atoms. The zero-order chi connectivity index (χ0) is 15.7. The minimum Gasteiger partial charge on any atom is -0.349 e. The van der Waals surface area contributed by atoms with Gasteiger partial charge >= 0.3 is 0 Å². The van der Waals surface area contributed by atoms with Gasteiger partial charge in [0.25, 0.3) is 0 Å². The van der Waals surface area contributed by atoms with E-state index < -0.39 is 28.5 Å². The first-order valence-electron chi connectivity index (χ1n) is 6.70. The van der Waals surface area contributed by atoms with Gasteiger partial charge in [-0.15, -0.1) is 0 Å². The first kappa shape index (κ1) is 15.0. The summed E-state index contributed by atoms with van der Waals surface area (Å²) in [5, 5.41) is 38.3. The molecule has 6 heteroatoms. The lowest BCUT2D eigenvalue weighted by atomic mass is 9.61. The maximum Gasteiger partial charge on any atom is 0.187 e. The summed E-state index contributed by atoms with van der Waals surface area (Å²) in [6, 6.07) is 7.62. The van der Waals surface area contributed by atoms with Crippen LogP contribution in [0.4, 0.5) is 0 Å². The topological polar surface area (TPSA) is 114 Å². The molecule has 2 atom stereocenters. The van der Waals surface area contributed by atoms with E-state index in [9.17, 15) is 21.0 Å². The quantitative estimate of drug-likeness (QED) is 0.572. The molecule has 106 valence electrons. The lowest BCUT2D eigenvalue weighted by Crippen LogP contribution is -2.44. The van der Waals surface area contributed by atoms with Crippen LogP contribution in [0.1, 0.15) is 13.8 Å². The van der Waals surface area contributed by atoms with Gasteiger partial charge in [0, 0.05) is 13.2 Å².